The fraction of sp³-hybridized carbons (Fsp3) is 0.308. The lowest BCUT2D eigenvalue weighted by Gasteiger charge is -2.21. The van der Waals surface area contributed by atoms with Crippen LogP contribution in [0, 0.1) is 0 Å². The van der Waals surface area contributed by atoms with E-state index in [1.54, 1.807) is 24.3 Å². The molecule has 0 saturated heterocycles. The van der Waals surface area contributed by atoms with E-state index in [2.05, 4.69) is 5.32 Å². The molecule has 0 aliphatic heterocycles. The number of anilines is 1. The number of aliphatic carboxylic acids is 1. The Bertz CT molecular complexity index is 496. The second-order valence-electron chi connectivity index (χ2n) is 4.19. The molecule has 1 aromatic rings. The summed E-state index contributed by atoms with van der Waals surface area (Å²) < 4.78 is 0. The second-order valence-corrected chi connectivity index (χ2v) is 4.19. The number of nitrogens with one attached hydrogen (secondary N) is 1. The number of amides is 2. The molecule has 1 rings (SSSR count). The van der Waals surface area contributed by atoms with Gasteiger partial charge in [-0.3, -0.25) is 9.59 Å². The molecule has 1 unspecified atom stereocenters. The van der Waals surface area contributed by atoms with E-state index in [1.165, 1.54) is 20.9 Å². The SMILES string of the molecule is CC(=O)Nc1ccc(C(=O)N(C)C(C)C(=O)O)cc1. The molecule has 0 spiro atoms. The molecule has 0 aliphatic rings. The van der Waals surface area contributed by atoms with Gasteiger partial charge in [-0.25, -0.2) is 4.79 Å². The Hall–Kier alpha value is -2.37. The minimum Gasteiger partial charge on any atom is -0.480 e. The molecule has 6 heteroatoms. The third-order valence-electron chi connectivity index (χ3n) is 2.71. The lowest BCUT2D eigenvalue weighted by molar-refractivity contribution is -0.141. The first kappa shape index (κ1) is 14.7. The zero-order valence-electron chi connectivity index (χ0n) is 11.0. The smallest absolute Gasteiger partial charge is 0.326 e. The predicted molar refractivity (Wildman–Crippen MR) is 69.9 cm³/mol. The third-order valence-corrected chi connectivity index (χ3v) is 2.71. The van der Waals surface area contributed by atoms with Gasteiger partial charge in [-0.1, -0.05) is 0 Å². The van der Waals surface area contributed by atoms with E-state index in [1.807, 2.05) is 0 Å². The van der Waals surface area contributed by atoms with Gasteiger partial charge in [0.05, 0.1) is 0 Å². The van der Waals surface area contributed by atoms with Crippen molar-refractivity contribution in [3.05, 3.63) is 29.8 Å². The van der Waals surface area contributed by atoms with Gasteiger partial charge in [-0.15, -0.1) is 0 Å². The molecule has 6 nitrogen and oxygen atoms in total. The fourth-order valence-corrected chi connectivity index (χ4v) is 1.44. The number of carbonyl (C=O) groups excluding carboxylic acids is 2. The van der Waals surface area contributed by atoms with E-state index >= 15 is 0 Å². The summed E-state index contributed by atoms with van der Waals surface area (Å²) in [5.74, 6) is -1.65. The first-order valence-electron chi connectivity index (χ1n) is 5.70. The Kier molecular flexibility index (Phi) is 4.63. The minimum atomic E-state index is -1.06. The predicted octanol–water partition coefficient (Wildman–Crippen LogP) is 1.19. The summed E-state index contributed by atoms with van der Waals surface area (Å²) >= 11 is 0. The number of carboxylic acids is 1. The van der Waals surface area contributed by atoms with Crippen LogP contribution >= 0.6 is 0 Å². The highest BCUT2D eigenvalue weighted by Gasteiger charge is 2.22. The maximum atomic E-state index is 12.0. The molecular weight excluding hydrogens is 248 g/mol. The molecule has 0 bridgehead atoms. The minimum absolute atomic E-state index is 0.198. The quantitative estimate of drug-likeness (QED) is 0.855. The molecule has 0 aliphatic carbocycles. The number of rotatable bonds is 4. The van der Waals surface area contributed by atoms with Crippen LogP contribution < -0.4 is 5.32 Å². The number of nitrogens with zero attached hydrogens (tertiary/aromatic N) is 1. The van der Waals surface area contributed by atoms with Gasteiger partial charge < -0.3 is 15.3 Å². The summed E-state index contributed by atoms with van der Waals surface area (Å²) in [6.07, 6.45) is 0. The molecule has 0 radical (unpaired) electrons. The van der Waals surface area contributed by atoms with Crippen LogP contribution in [0.15, 0.2) is 24.3 Å². The fourth-order valence-electron chi connectivity index (χ4n) is 1.44. The average Bonchev–Trinajstić information content (AvgIpc) is 2.36. The van der Waals surface area contributed by atoms with E-state index in [9.17, 15) is 14.4 Å². The Labute approximate surface area is 111 Å². The van der Waals surface area contributed by atoms with Crippen LogP contribution in [0.25, 0.3) is 0 Å². The van der Waals surface area contributed by atoms with Crippen LogP contribution in [-0.2, 0) is 9.59 Å². The molecule has 2 amide bonds. The molecule has 19 heavy (non-hydrogen) atoms. The standard InChI is InChI=1S/C13H16N2O4/c1-8(13(18)19)15(3)12(17)10-4-6-11(7-5-10)14-9(2)16/h4-8H,1-3H3,(H,14,16)(H,18,19). The van der Waals surface area contributed by atoms with Crippen molar-refractivity contribution in [1.29, 1.82) is 0 Å². The number of hydrogen-bond acceptors (Lipinski definition) is 3. The Morgan fingerprint density at radius 2 is 1.74 bits per heavy atom. The van der Waals surface area contributed by atoms with E-state index in [0.717, 1.165) is 4.90 Å². The number of carbonyl (C=O) groups is 3. The van der Waals surface area contributed by atoms with Crippen molar-refractivity contribution in [2.75, 3.05) is 12.4 Å². The van der Waals surface area contributed by atoms with Crippen molar-refractivity contribution in [2.24, 2.45) is 0 Å². The molecule has 1 atom stereocenters. The van der Waals surface area contributed by atoms with Crippen molar-refractivity contribution in [3.8, 4) is 0 Å². The van der Waals surface area contributed by atoms with Gasteiger partial charge in [0.2, 0.25) is 5.91 Å². The third kappa shape index (κ3) is 3.80. The largest absolute Gasteiger partial charge is 0.480 e. The normalized spacial score (nSPS) is 11.5. The van der Waals surface area contributed by atoms with Crippen molar-refractivity contribution in [1.82, 2.24) is 4.90 Å². The molecule has 0 saturated carbocycles. The molecule has 0 heterocycles. The number of likely N-dealkylation sites (N-methyl/N-ethyl adjacent to an activating group) is 1. The van der Waals surface area contributed by atoms with Gasteiger partial charge >= 0.3 is 5.97 Å². The first-order valence-corrected chi connectivity index (χ1v) is 5.70. The van der Waals surface area contributed by atoms with Crippen molar-refractivity contribution < 1.29 is 19.5 Å². The zero-order chi connectivity index (χ0) is 14.6. The number of benzene rings is 1. The molecule has 1 aromatic carbocycles. The van der Waals surface area contributed by atoms with E-state index in [0.29, 0.717) is 11.3 Å². The molecule has 2 N–H and O–H groups in total. The first-order chi connectivity index (χ1) is 8.82. The zero-order valence-corrected chi connectivity index (χ0v) is 11.0. The summed E-state index contributed by atoms with van der Waals surface area (Å²) in [5.41, 5.74) is 0.947. The number of carboxylic acid groups (broad SMARTS) is 1. The second kappa shape index (κ2) is 5.99. The van der Waals surface area contributed by atoms with Gasteiger partial charge in [0.25, 0.3) is 5.91 Å². The van der Waals surface area contributed by atoms with Crippen LogP contribution in [0.4, 0.5) is 5.69 Å². The van der Waals surface area contributed by atoms with Crippen LogP contribution in [0.2, 0.25) is 0 Å². The summed E-state index contributed by atoms with van der Waals surface area (Å²) in [7, 11) is 1.43. The average molecular weight is 264 g/mol. The highest BCUT2D eigenvalue weighted by molar-refractivity contribution is 5.97. The maximum Gasteiger partial charge on any atom is 0.326 e. The molecule has 0 fully saturated rings. The van der Waals surface area contributed by atoms with E-state index in [4.69, 9.17) is 5.11 Å². The van der Waals surface area contributed by atoms with Gasteiger partial charge in [-0.2, -0.15) is 0 Å². The van der Waals surface area contributed by atoms with Crippen molar-refractivity contribution >= 4 is 23.5 Å². The van der Waals surface area contributed by atoms with Gasteiger partial charge in [-0.05, 0) is 31.2 Å². The van der Waals surface area contributed by atoms with Crippen molar-refractivity contribution in [2.45, 2.75) is 19.9 Å². The van der Waals surface area contributed by atoms with Gasteiger partial charge in [0.15, 0.2) is 0 Å². The molecule has 102 valence electrons. The lowest BCUT2D eigenvalue weighted by Crippen LogP contribution is -2.40. The Morgan fingerprint density at radius 3 is 2.16 bits per heavy atom. The van der Waals surface area contributed by atoms with Crippen LogP contribution in [0.5, 0.6) is 0 Å². The van der Waals surface area contributed by atoms with Gasteiger partial charge in [0.1, 0.15) is 6.04 Å². The lowest BCUT2D eigenvalue weighted by atomic mass is 10.1. The van der Waals surface area contributed by atoms with Crippen LogP contribution in [0.3, 0.4) is 0 Å². The summed E-state index contributed by atoms with van der Waals surface area (Å²) in [5, 5.41) is 11.4. The van der Waals surface area contributed by atoms with Gasteiger partial charge in [0, 0.05) is 25.2 Å². The number of hydrogen-bond donors (Lipinski definition) is 2. The Morgan fingerprint density at radius 1 is 1.21 bits per heavy atom. The van der Waals surface area contributed by atoms with E-state index in [-0.39, 0.29) is 11.8 Å². The van der Waals surface area contributed by atoms with Crippen LogP contribution in [-0.4, -0.2) is 40.9 Å². The monoisotopic (exact) mass is 264 g/mol. The van der Waals surface area contributed by atoms with Crippen LogP contribution in [0.1, 0.15) is 24.2 Å². The summed E-state index contributed by atoms with van der Waals surface area (Å²) in [6.45, 7) is 2.83. The van der Waals surface area contributed by atoms with E-state index < -0.39 is 12.0 Å². The summed E-state index contributed by atoms with van der Waals surface area (Å²) in [4.78, 5) is 34.8. The Balaban J connectivity index is 2.83. The highest BCUT2D eigenvalue weighted by Crippen LogP contribution is 2.12. The summed E-state index contributed by atoms with van der Waals surface area (Å²) in [6, 6.07) is 5.36. The maximum absolute atomic E-state index is 12.0. The molecule has 0 aromatic heterocycles. The molecular formula is C13H16N2O4. The highest BCUT2D eigenvalue weighted by atomic mass is 16.4. The van der Waals surface area contributed by atoms with Crippen molar-refractivity contribution in [3.63, 3.8) is 0 Å². The topological polar surface area (TPSA) is 86.7 Å².